The van der Waals surface area contributed by atoms with Gasteiger partial charge in [0.05, 0.1) is 41.8 Å². The molecule has 4 aromatic rings. The Labute approximate surface area is 217 Å². The van der Waals surface area contributed by atoms with Crippen LogP contribution in [0.5, 0.6) is 11.8 Å². The normalized spacial score (nSPS) is 18.9. The molecule has 0 aliphatic carbocycles. The van der Waals surface area contributed by atoms with Crippen molar-refractivity contribution < 1.29 is 23.4 Å². The number of benzene rings is 2. The van der Waals surface area contributed by atoms with Crippen LogP contribution >= 0.6 is 0 Å². The Morgan fingerprint density at radius 1 is 1.16 bits per heavy atom. The van der Waals surface area contributed by atoms with Gasteiger partial charge in [0.15, 0.2) is 5.82 Å². The van der Waals surface area contributed by atoms with E-state index in [0.29, 0.717) is 34.2 Å². The number of para-hydroxylation sites is 1. The van der Waals surface area contributed by atoms with Crippen LogP contribution < -0.4 is 10.1 Å². The summed E-state index contributed by atoms with van der Waals surface area (Å²) in [4.78, 5) is 29.1. The van der Waals surface area contributed by atoms with Crippen LogP contribution in [0.2, 0.25) is 0 Å². The van der Waals surface area contributed by atoms with Gasteiger partial charge in [0.25, 0.3) is 0 Å². The summed E-state index contributed by atoms with van der Waals surface area (Å²) < 4.78 is 31.2. The van der Waals surface area contributed by atoms with Crippen molar-refractivity contribution in [3.63, 3.8) is 0 Å². The minimum Gasteiger partial charge on any atom is -0.424 e. The number of hydrogen-bond acceptors (Lipinski definition) is 8. The van der Waals surface area contributed by atoms with Crippen LogP contribution in [0, 0.1) is 22.6 Å². The van der Waals surface area contributed by atoms with Crippen LogP contribution in [0.3, 0.4) is 0 Å². The number of H-pyrrole nitrogens is 1. The van der Waals surface area contributed by atoms with Gasteiger partial charge >= 0.3 is 6.01 Å². The molecule has 0 radical (unpaired) electrons. The number of nitriles is 1. The third kappa shape index (κ3) is 5.36. The Bertz CT molecular complexity index is 1460. The average Bonchev–Trinajstić information content (AvgIpc) is 3.39. The first-order valence-corrected chi connectivity index (χ1v) is 11.8. The first-order valence-electron chi connectivity index (χ1n) is 11.8. The molecular weight excluding hydrogens is 491 g/mol. The Hall–Kier alpha value is -4.66. The summed E-state index contributed by atoms with van der Waals surface area (Å²) in [6, 6.07) is 18.8. The Morgan fingerprint density at radius 2 is 1.89 bits per heavy atom. The number of nitrogens with one attached hydrogen (secondary N) is 2. The number of nitrogens with zero attached hydrogens (tertiary/aromatic N) is 4. The van der Waals surface area contributed by atoms with Crippen molar-refractivity contribution >= 4 is 5.91 Å². The van der Waals surface area contributed by atoms with Crippen molar-refractivity contribution in [3.05, 3.63) is 78.5 Å². The number of halogens is 1. The highest BCUT2D eigenvalue weighted by Gasteiger charge is 2.40. The zero-order chi connectivity index (χ0) is 26.5. The molecule has 1 aliphatic rings. The van der Waals surface area contributed by atoms with Gasteiger partial charge in [-0.25, -0.2) is 14.4 Å². The topological polar surface area (TPSA) is 135 Å². The minimum atomic E-state index is -0.959. The van der Waals surface area contributed by atoms with Crippen molar-refractivity contribution in [3.8, 4) is 40.5 Å². The zero-order valence-electron chi connectivity index (χ0n) is 20.3. The predicted molar refractivity (Wildman–Crippen MR) is 133 cm³/mol. The predicted octanol–water partition coefficient (Wildman–Crippen LogP) is 4.16. The maximum atomic E-state index is 13.6. The van der Waals surface area contributed by atoms with Crippen molar-refractivity contribution in [1.82, 2.24) is 25.3 Å². The zero-order valence-corrected chi connectivity index (χ0v) is 20.3. The van der Waals surface area contributed by atoms with Gasteiger partial charge in [0.1, 0.15) is 18.1 Å². The largest absolute Gasteiger partial charge is 0.424 e. The number of carbonyl (C=O) groups is 1. The summed E-state index contributed by atoms with van der Waals surface area (Å²) in [5.74, 6) is 0.221. The van der Waals surface area contributed by atoms with Crippen LogP contribution in [0.1, 0.15) is 19.0 Å². The molecule has 2 N–H and O–H groups in total. The molecule has 38 heavy (non-hydrogen) atoms. The van der Waals surface area contributed by atoms with Crippen molar-refractivity contribution in [2.45, 2.75) is 13.2 Å². The molecular formula is C27H23FN6O4. The second-order valence-electron chi connectivity index (χ2n) is 8.85. The molecule has 1 fully saturated rings. The summed E-state index contributed by atoms with van der Waals surface area (Å²) in [5, 5.41) is 11.3. The van der Waals surface area contributed by atoms with Crippen LogP contribution in [-0.2, 0) is 14.3 Å². The Balaban J connectivity index is 1.45. The third-order valence-electron chi connectivity index (χ3n) is 5.89. The number of carbonyl (C=O) groups excluding carboxylic acids is 1. The lowest BCUT2D eigenvalue weighted by Crippen LogP contribution is -2.48. The second kappa shape index (κ2) is 10.8. The van der Waals surface area contributed by atoms with Gasteiger partial charge in [-0.1, -0.05) is 18.2 Å². The summed E-state index contributed by atoms with van der Waals surface area (Å²) in [6.45, 7) is 1.71. The SMILES string of the molecule is CC1(C(=O)NCC#N)COC(c2nc(-c3ccc(F)cc3)c(-c3ccnc(Oc4ccccc4)n3)[nH]2)OC1. The molecule has 2 aromatic carbocycles. The number of hydrogen-bond donors (Lipinski definition) is 2. The van der Waals surface area contributed by atoms with E-state index in [1.54, 1.807) is 43.5 Å². The standard InChI is InChI=1S/C27H23FN6O4/c1-27(25(35)30-14-12-29)15-36-24(37-16-27)23-33-21(17-7-9-18(28)10-8-17)22(34-23)20-11-13-31-26(32-20)38-19-5-3-2-4-6-19/h2-11,13,24H,14-16H2,1H3,(H,30,35)(H,33,34). The first kappa shape index (κ1) is 25.0. The summed E-state index contributed by atoms with van der Waals surface area (Å²) in [6.07, 6.45) is 0.677. The maximum Gasteiger partial charge on any atom is 0.322 e. The van der Waals surface area contributed by atoms with Crippen molar-refractivity contribution in [1.29, 1.82) is 5.26 Å². The lowest BCUT2D eigenvalue weighted by Gasteiger charge is -2.35. The number of rotatable bonds is 7. The monoisotopic (exact) mass is 514 g/mol. The van der Waals surface area contributed by atoms with Crippen molar-refractivity contribution in [2.24, 2.45) is 5.41 Å². The fourth-order valence-corrected chi connectivity index (χ4v) is 3.86. The highest BCUT2D eigenvalue weighted by molar-refractivity contribution is 5.82. The molecule has 10 nitrogen and oxygen atoms in total. The molecule has 1 saturated heterocycles. The molecule has 0 saturated carbocycles. The van der Waals surface area contributed by atoms with Crippen LogP contribution in [0.15, 0.2) is 66.9 Å². The number of aromatic nitrogens is 4. The molecule has 192 valence electrons. The van der Waals surface area contributed by atoms with E-state index in [0.717, 1.165) is 0 Å². The van der Waals surface area contributed by atoms with E-state index in [1.807, 2.05) is 24.3 Å². The van der Waals surface area contributed by atoms with E-state index in [2.05, 4.69) is 20.3 Å². The second-order valence-corrected chi connectivity index (χ2v) is 8.85. The maximum absolute atomic E-state index is 13.6. The van der Waals surface area contributed by atoms with E-state index < -0.39 is 11.7 Å². The fourth-order valence-electron chi connectivity index (χ4n) is 3.86. The number of ether oxygens (including phenoxy) is 3. The molecule has 1 aliphatic heterocycles. The molecule has 11 heteroatoms. The Kier molecular flexibility index (Phi) is 7.08. The van der Waals surface area contributed by atoms with Gasteiger partial charge in [-0.3, -0.25) is 4.79 Å². The van der Waals surface area contributed by atoms with E-state index in [9.17, 15) is 9.18 Å². The lowest BCUT2D eigenvalue weighted by atomic mass is 9.91. The van der Waals surface area contributed by atoms with E-state index in [4.69, 9.17) is 24.5 Å². The quantitative estimate of drug-likeness (QED) is 0.351. The van der Waals surface area contributed by atoms with Crippen molar-refractivity contribution in [2.75, 3.05) is 19.8 Å². The highest BCUT2D eigenvalue weighted by atomic mass is 19.1. The first-order chi connectivity index (χ1) is 18.4. The highest BCUT2D eigenvalue weighted by Crippen LogP contribution is 2.36. The van der Waals surface area contributed by atoms with Gasteiger partial charge in [-0.2, -0.15) is 10.2 Å². The molecule has 0 atom stereocenters. The summed E-state index contributed by atoms with van der Waals surface area (Å²) >= 11 is 0. The van der Waals surface area contributed by atoms with Crippen LogP contribution in [-0.4, -0.2) is 45.6 Å². The molecule has 1 amide bonds. The third-order valence-corrected chi connectivity index (χ3v) is 5.89. The molecule has 3 heterocycles. The number of amides is 1. The number of aromatic amines is 1. The Morgan fingerprint density at radius 3 is 2.61 bits per heavy atom. The van der Waals surface area contributed by atoms with Crippen LogP contribution in [0.4, 0.5) is 4.39 Å². The van der Waals surface area contributed by atoms with Gasteiger partial charge in [-0.05, 0) is 49.4 Å². The van der Waals surface area contributed by atoms with E-state index >= 15 is 0 Å². The lowest BCUT2D eigenvalue weighted by molar-refractivity contribution is -0.230. The molecule has 0 spiro atoms. The molecule has 0 bridgehead atoms. The molecule has 0 unspecified atom stereocenters. The van der Waals surface area contributed by atoms with Gasteiger partial charge in [0.2, 0.25) is 12.2 Å². The van der Waals surface area contributed by atoms with E-state index in [1.165, 1.54) is 12.1 Å². The summed E-state index contributed by atoms with van der Waals surface area (Å²) in [7, 11) is 0. The average molecular weight is 515 g/mol. The number of imidazole rings is 1. The van der Waals surface area contributed by atoms with Gasteiger partial charge in [-0.15, -0.1) is 0 Å². The fraction of sp³-hybridized carbons (Fsp3) is 0.222. The minimum absolute atomic E-state index is 0.0550. The van der Waals surface area contributed by atoms with E-state index in [-0.39, 0.29) is 37.5 Å². The molecule has 5 rings (SSSR count). The summed E-state index contributed by atoms with van der Waals surface area (Å²) in [5.41, 5.74) is 1.19. The molecule has 2 aromatic heterocycles. The van der Waals surface area contributed by atoms with Gasteiger partial charge < -0.3 is 24.5 Å². The smallest absolute Gasteiger partial charge is 0.322 e. The van der Waals surface area contributed by atoms with Gasteiger partial charge in [0, 0.05) is 11.8 Å². The van der Waals surface area contributed by atoms with Crippen LogP contribution in [0.25, 0.3) is 22.6 Å².